The van der Waals surface area contributed by atoms with Gasteiger partial charge in [-0.15, -0.1) is 0 Å². The highest BCUT2D eigenvalue weighted by Crippen LogP contribution is 2.56. The van der Waals surface area contributed by atoms with E-state index in [9.17, 15) is 44.1 Å². The molecule has 0 aromatic rings. The average molecular weight is 833 g/mol. The van der Waals surface area contributed by atoms with Gasteiger partial charge in [0.1, 0.15) is 16.8 Å². The first-order valence-electron chi connectivity index (χ1n) is 19.4. The van der Waals surface area contributed by atoms with Gasteiger partial charge in [-0.1, -0.05) is 0 Å². The van der Waals surface area contributed by atoms with E-state index in [2.05, 4.69) is 37.9 Å². The molecule has 3 N–H and O–H groups in total. The molecule has 6 aliphatic carbocycles. The summed E-state index contributed by atoms with van der Waals surface area (Å²) in [5.74, 6) is -6.19. The Hall–Kier alpha value is -2.13. The summed E-state index contributed by atoms with van der Waals surface area (Å²) in [6.45, 7) is 16.2. The summed E-state index contributed by atoms with van der Waals surface area (Å²) in [4.78, 5) is 70.4. The molecule has 0 heterocycles. The van der Waals surface area contributed by atoms with Gasteiger partial charge in [-0.2, -0.15) is 37.9 Å². The molecule has 0 saturated heterocycles. The Balaban J connectivity index is 0.000000217. The number of aliphatic carboxylic acids is 3. The SMILES string of the molecule is CC(C)(C)OC(=O)C1C2CC(CC2S)C1C(=O)O.CC(C)(C)OC(=O)C1C2CC(S)C(C2)C1C(=O)O.CC(C)(C)OC(=O)C1C2CCC(C2)C1C(=O)O.CS. The van der Waals surface area contributed by atoms with Crippen molar-refractivity contribution in [2.45, 2.75) is 135 Å². The number of fused-ring (bicyclic) bond motifs is 6. The maximum atomic E-state index is 12.2. The van der Waals surface area contributed by atoms with Crippen LogP contribution in [0.25, 0.3) is 0 Å². The summed E-state index contributed by atoms with van der Waals surface area (Å²) in [5.41, 5.74) is -1.68. The van der Waals surface area contributed by atoms with Gasteiger partial charge in [0.25, 0.3) is 0 Å². The second kappa shape index (κ2) is 18.2. The van der Waals surface area contributed by atoms with E-state index in [1.54, 1.807) is 47.8 Å². The Morgan fingerprint density at radius 3 is 1.09 bits per heavy atom. The minimum absolute atomic E-state index is 0.00773. The molecule has 6 bridgehead atoms. The molecule has 15 heteroatoms. The van der Waals surface area contributed by atoms with Gasteiger partial charge in [-0.3, -0.25) is 28.8 Å². The van der Waals surface area contributed by atoms with Crippen molar-refractivity contribution in [1.82, 2.24) is 0 Å². The highest BCUT2D eigenvalue weighted by Gasteiger charge is 2.60. The summed E-state index contributed by atoms with van der Waals surface area (Å²) in [7, 11) is 0. The topological polar surface area (TPSA) is 191 Å². The molecule has 12 nitrogen and oxygen atoms in total. The third kappa shape index (κ3) is 11.5. The largest absolute Gasteiger partial charge is 0.481 e. The summed E-state index contributed by atoms with van der Waals surface area (Å²) in [6, 6.07) is 0. The van der Waals surface area contributed by atoms with Crippen LogP contribution in [0.4, 0.5) is 0 Å². The number of thiol groups is 3. The number of rotatable bonds is 6. The van der Waals surface area contributed by atoms with E-state index in [0.29, 0.717) is 0 Å². The van der Waals surface area contributed by atoms with Crippen LogP contribution in [0.2, 0.25) is 0 Å². The fraction of sp³-hybridized carbons (Fsp3) is 0.850. The summed E-state index contributed by atoms with van der Waals surface area (Å²) in [6.07, 6.45) is 7.68. The maximum absolute atomic E-state index is 12.2. The molecule has 0 aliphatic heterocycles. The number of carboxylic acid groups (broad SMARTS) is 3. The van der Waals surface area contributed by atoms with E-state index in [4.69, 9.17) is 14.2 Å². The second-order valence-corrected chi connectivity index (χ2v) is 20.4. The Morgan fingerprint density at radius 2 is 0.727 bits per heavy atom. The Morgan fingerprint density at radius 1 is 0.436 bits per heavy atom. The molecule has 6 fully saturated rings. The molecule has 0 aromatic heterocycles. The fourth-order valence-corrected chi connectivity index (χ4v) is 11.3. The molecule has 0 spiro atoms. The van der Waals surface area contributed by atoms with Gasteiger partial charge in [0, 0.05) is 10.5 Å². The first kappa shape index (κ1) is 47.2. The monoisotopic (exact) mass is 832 g/mol. The van der Waals surface area contributed by atoms with Gasteiger partial charge < -0.3 is 29.5 Å². The molecule has 14 unspecified atom stereocenters. The summed E-state index contributed by atoms with van der Waals surface area (Å²) >= 11 is 12.4. The fourth-order valence-electron chi connectivity index (χ4n) is 10.1. The summed E-state index contributed by atoms with van der Waals surface area (Å²) in [5, 5.41) is 28.1. The number of esters is 3. The van der Waals surface area contributed by atoms with Crippen molar-refractivity contribution < 1.29 is 58.3 Å². The molecule has 314 valence electrons. The number of hydrogen-bond donors (Lipinski definition) is 6. The van der Waals surface area contributed by atoms with E-state index in [-0.39, 0.29) is 63.9 Å². The lowest BCUT2D eigenvalue weighted by atomic mass is 9.79. The smallest absolute Gasteiger partial charge is 0.310 e. The van der Waals surface area contributed by atoms with Crippen molar-refractivity contribution in [3.8, 4) is 0 Å². The van der Waals surface area contributed by atoms with E-state index in [1.165, 1.54) is 0 Å². The minimum atomic E-state index is -0.892. The molecule has 0 radical (unpaired) electrons. The van der Waals surface area contributed by atoms with Crippen molar-refractivity contribution in [3.05, 3.63) is 0 Å². The van der Waals surface area contributed by atoms with Gasteiger partial charge in [-0.25, -0.2) is 0 Å². The van der Waals surface area contributed by atoms with Crippen LogP contribution in [0.1, 0.15) is 107 Å². The molecule has 55 heavy (non-hydrogen) atoms. The molecular weight excluding hydrogens is 769 g/mol. The van der Waals surface area contributed by atoms with Crippen LogP contribution >= 0.6 is 37.9 Å². The van der Waals surface area contributed by atoms with E-state index < -0.39 is 70.2 Å². The Bertz CT molecular complexity index is 1430. The van der Waals surface area contributed by atoms with Crippen LogP contribution in [0.5, 0.6) is 0 Å². The molecule has 6 saturated carbocycles. The average Bonchev–Trinajstić information content (AvgIpc) is 3.87. The van der Waals surface area contributed by atoms with Crippen molar-refractivity contribution in [1.29, 1.82) is 0 Å². The normalized spacial score (nSPS) is 36.6. The van der Waals surface area contributed by atoms with Crippen LogP contribution in [0, 0.1) is 71.0 Å². The minimum Gasteiger partial charge on any atom is -0.481 e. The standard InChI is InChI=1S/2C13H20O4S.C13H20O4.CH4S/c1-13(2,3)17-12(16)9-6-4-7(8(18)5-6)10(9)11(14)15;1-13(2,3)17-12(16)10-7-4-6(5-8(7)18)9(10)11(14)15;1-13(2,3)17-12(16)10-8-5-4-7(6-8)9(10)11(14)15;1-2/h2*6-10,18H,4-5H2,1-3H3,(H,14,15);7-10H,4-6H2,1-3H3,(H,14,15);2H,1H3. The van der Waals surface area contributed by atoms with E-state index >= 15 is 0 Å². The molecule has 6 aliphatic rings. The molecule has 0 aromatic carbocycles. The number of carbonyl (C=O) groups is 6. The molecular formula is C40H64O12S3. The zero-order valence-corrected chi connectivity index (χ0v) is 36.6. The summed E-state index contributed by atoms with van der Waals surface area (Å²) < 4.78 is 16.1. The zero-order valence-electron chi connectivity index (χ0n) is 33.9. The molecule has 6 rings (SSSR count). The Labute approximate surface area is 342 Å². The Kier molecular flexibility index (Phi) is 15.6. The van der Waals surface area contributed by atoms with Crippen LogP contribution in [0.15, 0.2) is 0 Å². The predicted molar refractivity (Wildman–Crippen MR) is 215 cm³/mol. The number of hydrogen-bond acceptors (Lipinski definition) is 12. The van der Waals surface area contributed by atoms with Crippen LogP contribution in [-0.2, 0) is 43.0 Å². The zero-order chi connectivity index (χ0) is 42.1. The van der Waals surface area contributed by atoms with Crippen molar-refractivity contribution >= 4 is 73.7 Å². The van der Waals surface area contributed by atoms with Crippen molar-refractivity contribution in [2.24, 2.45) is 71.0 Å². The highest BCUT2D eigenvalue weighted by molar-refractivity contribution is 7.81. The maximum Gasteiger partial charge on any atom is 0.310 e. The van der Waals surface area contributed by atoms with E-state index in [1.807, 2.05) is 20.8 Å². The molecule has 14 atom stereocenters. The van der Waals surface area contributed by atoms with Crippen LogP contribution in [-0.4, -0.2) is 84.7 Å². The predicted octanol–water partition coefficient (Wildman–Crippen LogP) is 6.59. The lowest BCUT2D eigenvalue weighted by Gasteiger charge is -2.32. The third-order valence-electron chi connectivity index (χ3n) is 11.7. The van der Waals surface area contributed by atoms with Gasteiger partial charge >= 0.3 is 35.8 Å². The lowest BCUT2D eigenvalue weighted by molar-refractivity contribution is -0.169. The highest BCUT2D eigenvalue weighted by atomic mass is 32.1. The van der Waals surface area contributed by atoms with Gasteiger partial charge in [0.15, 0.2) is 0 Å². The lowest BCUT2D eigenvalue weighted by Crippen LogP contribution is -2.41. The van der Waals surface area contributed by atoms with Crippen LogP contribution < -0.4 is 0 Å². The van der Waals surface area contributed by atoms with Crippen molar-refractivity contribution in [2.75, 3.05) is 6.26 Å². The van der Waals surface area contributed by atoms with Crippen LogP contribution in [0.3, 0.4) is 0 Å². The number of carbonyl (C=O) groups excluding carboxylic acids is 3. The first-order chi connectivity index (χ1) is 25.2. The third-order valence-corrected chi connectivity index (χ3v) is 12.9. The van der Waals surface area contributed by atoms with Gasteiger partial charge in [0.05, 0.1) is 35.5 Å². The second-order valence-electron chi connectivity index (χ2n) is 19.0. The van der Waals surface area contributed by atoms with Gasteiger partial charge in [-0.05, 0) is 149 Å². The van der Waals surface area contributed by atoms with Gasteiger partial charge in [0.2, 0.25) is 0 Å². The van der Waals surface area contributed by atoms with Crippen molar-refractivity contribution in [3.63, 3.8) is 0 Å². The number of carboxylic acids is 3. The first-order valence-corrected chi connectivity index (χ1v) is 21.3. The van der Waals surface area contributed by atoms with E-state index in [0.717, 1.165) is 44.9 Å². The quantitative estimate of drug-likeness (QED) is 0.0959. The number of ether oxygens (including phenoxy) is 3. The molecule has 0 amide bonds.